The highest BCUT2D eigenvalue weighted by atomic mass is 35.5. The number of halogens is 1. The molecule has 3 rings (SSSR count). The van der Waals surface area contributed by atoms with E-state index in [9.17, 15) is 4.79 Å². The number of hydrogen-bond acceptors (Lipinski definition) is 3. The van der Waals surface area contributed by atoms with Crippen LogP contribution in [0.25, 0.3) is 0 Å². The van der Waals surface area contributed by atoms with E-state index in [0.717, 1.165) is 44.6 Å². The predicted molar refractivity (Wildman–Crippen MR) is 89.1 cm³/mol. The zero-order valence-electron chi connectivity index (χ0n) is 12.9. The zero-order valence-corrected chi connectivity index (χ0v) is 13.7. The maximum atomic E-state index is 12.2. The molecule has 22 heavy (non-hydrogen) atoms. The van der Waals surface area contributed by atoms with Gasteiger partial charge in [-0.3, -0.25) is 4.79 Å². The minimum Gasteiger partial charge on any atom is -0.367 e. The third-order valence-corrected chi connectivity index (χ3v) is 4.85. The minimum atomic E-state index is 0. The van der Waals surface area contributed by atoms with Crippen molar-refractivity contribution in [1.29, 1.82) is 0 Å². The Morgan fingerprint density at radius 1 is 1.18 bits per heavy atom. The van der Waals surface area contributed by atoms with Crippen molar-refractivity contribution in [2.75, 3.05) is 32.8 Å². The van der Waals surface area contributed by atoms with Crippen LogP contribution in [-0.4, -0.2) is 43.6 Å². The summed E-state index contributed by atoms with van der Waals surface area (Å²) in [5, 5.41) is 3.45. The van der Waals surface area contributed by atoms with Crippen LogP contribution in [0.15, 0.2) is 30.3 Å². The molecule has 1 aromatic rings. The van der Waals surface area contributed by atoms with Crippen LogP contribution in [0.1, 0.15) is 24.8 Å². The molecule has 2 aliphatic rings. The summed E-state index contributed by atoms with van der Waals surface area (Å²) in [5.74, 6) is 0.131. The molecule has 4 nitrogen and oxygen atoms in total. The van der Waals surface area contributed by atoms with Crippen molar-refractivity contribution in [2.45, 2.75) is 25.9 Å². The Labute approximate surface area is 138 Å². The fourth-order valence-corrected chi connectivity index (χ4v) is 3.37. The van der Waals surface area contributed by atoms with Crippen molar-refractivity contribution in [2.24, 2.45) is 5.41 Å². The molecule has 0 aliphatic carbocycles. The summed E-state index contributed by atoms with van der Waals surface area (Å²) in [6.07, 6.45) is 3.52. The molecular weight excluding hydrogens is 300 g/mol. The van der Waals surface area contributed by atoms with Crippen molar-refractivity contribution in [3.63, 3.8) is 0 Å². The Morgan fingerprint density at radius 2 is 1.91 bits per heavy atom. The SMILES string of the molecule is Cl.O=C(COCc1ccccc1)N1CCC2(CCNC2)CC1. The van der Waals surface area contributed by atoms with Gasteiger partial charge in [0.25, 0.3) is 0 Å². The average molecular weight is 325 g/mol. The topological polar surface area (TPSA) is 41.6 Å². The van der Waals surface area contributed by atoms with E-state index in [-0.39, 0.29) is 24.9 Å². The first-order valence-electron chi connectivity index (χ1n) is 7.88. The number of benzene rings is 1. The molecule has 0 saturated carbocycles. The van der Waals surface area contributed by atoms with Crippen molar-refractivity contribution >= 4 is 18.3 Å². The van der Waals surface area contributed by atoms with Gasteiger partial charge in [0.15, 0.2) is 0 Å². The summed E-state index contributed by atoms with van der Waals surface area (Å²) in [4.78, 5) is 14.1. The summed E-state index contributed by atoms with van der Waals surface area (Å²) in [7, 11) is 0. The Bertz CT molecular complexity index is 465. The van der Waals surface area contributed by atoms with E-state index in [4.69, 9.17) is 4.74 Å². The molecule has 0 unspecified atom stereocenters. The van der Waals surface area contributed by atoms with E-state index >= 15 is 0 Å². The highest BCUT2D eigenvalue weighted by Crippen LogP contribution is 2.36. The minimum absolute atomic E-state index is 0. The summed E-state index contributed by atoms with van der Waals surface area (Å²) in [6, 6.07) is 9.99. The highest BCUT2D eigenvalue weighted by Gasteiger charge is 2.37. The molecule has 122 valence electrons. The summed E-state index contributed by atoms with van der Waals surface area (Å²) >= 11 is 0. The highest BCUT2D eigenvalue weighted by molar-refractivity contribution is 5.85. The fourth-order valence-electron chi connectivity index (χ4n) is 3.37. The van der Waals surface area contributed by atoms with E-state index in [1.54, 1.807) is 0 Å². The van der Waals surface area contributed by atoms with Crippen LogP contribution < -0.4 is 5.32 Å². The summed E-state index contributed by atoms with van der Waals surface area (Å²) < 4.78 is 5.55. The first-order valence-corrected chi connectivity index (χ1v) is 7.88. The third-order valence-electron chi connectivity index (χ3n) is 4.85. The van der Waals surface area contributed by atoms with E-state index < -0.39 is 0 Å². The monoisotopic (exact) mass is 324 g/mol. The van der Waals surface area contributed by atoms with Gasteiger partial charge < -0.3 is 15.0 Å². The Kier molecular flexibility index (Phi) is 6.24. The number of likely N-dealkylation sites (tertiary alicyclic amines) is 1. The Morgan fingerprint density at radius 3 is 2.55 bits per heavy atom. The molecule has 1 amide bonds. The quantitative estimate of drug-likeness (QED) is 0.923. The largest absolute Gasteiger partial charge is 0.367 e. The number of nitrogens with one attached hydrogen (secondary N) is 1. The lowest BCUT2D eigenvalue weighted by molar-refractivity contribution is -0.138. The zero-order chi connectivity index (χ0) is 14.5. The van der Waals surface area contributed by atoms with E-state index in [1.165, 1.54) is 6.42 Å². The van der Waals surface area contributed by atoms with Crippen molar-refractivity contribution in [3.8, 4) is 0 Å². The Hall–Kier alpha value is -1.10. The van der Waals surface area contributed by atoms with Gasteiger partial charge in [0, 0.05) is 19.6 Å². The number of amides is 1. The molecule has 0 radical (unpaired) electrons. The molecule has 1 spiro atoms. The molecule has 2 aliphatic heterocycles. The number of carbonyl (C=O) groups excluding carboxylic acids is 1. The van der Waals surface area contributed by atoms with Gasteiger partial charge in [0.05, 0.1) is 6.61 Å². The van der Waals surface area contributed by atoms with E-state index in [2.05, 4.69) is 5.32 Å². The second-order valence-electron chi connectivity index (χ2n) is 6.29. The van der Waals surface area contributed by atoms with Crippen LogP contribution in [0.3, 0.4) is 0 Å². The van der Waals surface area contributed by atoms with Gasteiger partial charge in [-0.25, -0.2) is 0 Å². The number of nitrogens with zero attached hydrogens (tertiary/aromatic N) is 1. The third kappa shape index (κ3) is 4.22. The maximum Gasteiger partial charge on any atom is 0.248 e. The van der Waals surface area contributed by atoms with Crippen LogP contribution in [0, 0.1) is 5.41 Å². The molecule has 0 atom stereocenters. The standard InChI is InChI=1S/C17H24N2O2.ClH/c20-16(13-21-12-15-4-2-1-3-5-15)19-10-7-17(8-11-19)6-9-18-14-17;/h1-5,18H,6-14H2;1H. The number of carbonyl (C=O) groups is 1. The molecule has 1 N–H and O–H groups in total. The second-order valence-corrected chi connectivity index (χ2v) is 6.29. The molecule has 0 aromatic heterocycles. The van der Waals surface area contributed by atoms with Gasteiger partial charge in [0.1, 0.15) is 6.61 Å². The molecular formula is C17H25ClN2O2. The molecule has 1 aromatic carbocycles. The lowest BCUT2D eigenvalue weighted by atomic mass is 9.78. The van der Waals surface area contributed by atoms with Gasteiger partial charge in [-0.15, -0.1) is 12.4 Å². The molecule has 2 heterocycles. The lowest BCUT2D eigenvalue weighted by Crippen LogP contribution is -2.45. The normalized spacial score (nSPS) is 19.9. The number of piperidine rings is 1. The van der Waals surface area contributed by atoms with Crippen LogP contribution in [0.5, 0.6) is 0 Å². The van der Waals surface area contributed by atoms with Gasteiger partial charge in [-0.05, 0) is 36.8 Å². The van der Waals surface area contributed by atoms with Gasteiger partial charge in [0.2, 0.25) is 5.91 Å². The van der Waals surface area contributed by atoms with Crippen LogP contribution in [0.2, 0.25) is 0 Å². The summed E-state index contributed by atoms with van der Waals surface area (Å²) in [5.41, 5.74) is 1.57. The number of hydrogen-bond donors (Lipinski definition) is 1. The molecule has 2 fully saturated rings. The maximum absolute atomic E-state index is 12.2. The van der Waals surface area contributed by atoms with Gasteiger partial charge in [-0.1, -0.05) is 30.3 Å². The van der Waals surface area contributed by atoms with Gasteiger partial charge >= 0.3 is 0 Å². The number of rotatable bonds is 4. The molecule has 0 bridgehead atoms. The second kappa shape index (κ2) is 7.95. The average Bonchev–Trinajstić information content (AvgIpc) is 2.97. The Balaban J connectivity index is 0.00000176. The summed E-state index contributed by atoms with van der Waals surface area (Å²) in [6.45, 7) is 4.73. The van der Waals surface area contributed by atoms with Crippen LogP contribution in [-0.2, 0) is 16.1 Å². The van der Waals surface area contributed by atoms with Gasteiger partial charge in [-0.2, -0.15) is 0 Å². The first-order chi connectivity index (χ1) is 10.3. The predicted octanol–water partition coefficient (Wildman–Crippen LogP) is 2.23. The number of ether oxygens (including phenoxy) is 1. The smallest absolute Gasteiger partial charge is 0.248 e. The van der Waals surface area contributed by atoms with Crippen LogP contribution >= 0.6 is 12.4 Å². The van der Waals surface area contributed by atoms with Crippen molar-refractivity contribution < 1.29 is 9.53 Å². The van der Waals surface area contributed by atoms with Crippen LogP contribution in [0.4, 0.5) is 0 Å². The van der Waals surface area contributed by atoms with Crippen molar-refractivity contribution in [1.82, 2.24) is 10.2 Å². The lowest BCUT2D eigenvalue weighted by Gasteiger charge is -2.38. The molecule has 2 saturated heterocycles. The van der Waals surface area contributed by atoms with Crippen molar-refractivity contribution in [3.05, 3.63) is 35.9 Å². The molecule has 5 heteroatoms. The van der Waals surface area contributed by atoms with E-state index in [0.29, 0.717) is 12.0 Å². The fraction of sp³-hybridized carbons (Fsp3) is 0.588. The first kappa shape index (κ1) is 17.3. The van der Waals surface area contributed by atoms with E-state index in [1.807, 2.05) is 35.2 Å².